The Morgan fingerprint density at radius 3 is 1.58 bits per heavy atom. The van der Waals surface area contributed by atoms with Gasteiger partial charge in [0.05, 0.1) is 0 Å². The Morgan fingerprint density at radius 2 is 1.58 bits per heavy atom. The van der Waals surface area contributed by atoms with Crippen molar-refractivity contribution in [2.45, 2.75) is 13.3 Å². The monoisotopic (exact) mass is 244 g/mol. The van der Waals surface area contributed by atoms with Crippen LogP contribution in [-0.2, 0) is 13.4 Å². The van der Waals surface area contributed by atoms with Gasteiger partial charge in [0.25, 0.3) is 0 Å². The van der Waals surface area contributed by atoms with Crippen LogP contribution in [0.15, 0.2) is 0 Å². The third-order valence-corrected chi connectivity index (χ3v) is 1.72. The van der Waals surface area contributed by atoms with Gasteiger partial charge in [-0.1, -0.05) is 6.92 Å². The van der Waals surface area contributed by atoms with Gasteiger partial charge in [0.15, 0.2) is 0 Å². The van der Waals surface area contributed by atoms with Gasteiger partial charge in [-0.3, -0.25) is 4.31 Å². The van der Waals surface area contributed by atoms with Gasteiger partial charge in [-0.15, -0.1) is 0 Å². The fraction of sp³-hybridized carbons (Fsp3) is 1.00. The van der Waals surface area contributed by atoms with Gasteiger partial charge in [0, 0.05) is 6.61 Å². The summed E-state index contributed by atoms with van der Waals surface area (Å²) >= 11 is 0. The largest absolute Gasteiger partial charge is 2.00 e. The van der Waals surface area contributed by atoms with Gasteiger partial charge < -0.3 is 24.0 Å². The predicted octanol–water partition coefficient (Wildman–Crippen LogP) is -1.49. The molecule has 70 valence electrons. The minimum absolute atomic E-state index is 0. The van der Waals surface area contributed by atoms with Crippen LogP contribution in [0, 0.1) is 0 Å². The molecule has 0 aromatic carbocycles. The second-order valence-corrected chi connectivity index (χ2v) is 3.14. The zero-order valence-corrected chi connectivity index (χ0v) is 10.8. The molecular formula is C3H10CaO6P2. The summed E-state index contributed by atoms with van der Waals surface area (Å²) in [6.45, 7) is 2.25. The number of aliphatic hydroxyl groups excluding tert-OH is 1. The number of rotatable bonds is 3. The SMILES string of the molecule is CCCO.O=[PH]([O-])O[PH](=O)[O-].[Ca+2]. The molecular weight excluding hydrogens is 234 g/mol. The van der Waals surface area contributed by atoms with Crippen LogP contribution in [0.2, 0.25) is 0 Å². The van der Waals surface area contributed by atoms with Gasteiger partial charge in [0.2, 0.25) is 0 Å². The van der Waals surface area contributed by atoms with Crippen LogP contribution < -0.4 is 9.79 Å². The zero-order chi connectivity index (χ0) is 9.28. The van der Waals surface area contributed by atoms with Crippen molar-refractivity contribution in [1.29, 1.82) is 0 Å². The van der Waals surface area contributed by atoms with Crippen molar-refractivity contribution in [2.75, 3.05) is 6.61 Å². The molecule has 9 heteroatoms. The van der Waals surface area contributed by atoms with Crippen LogP contribution in [0.3, 0.4) is 0 Å². The molecule has 2 atom stereocenters. The van der Waals surface area contributed by atoms with Gasteiger partial charge >= 0.3 is 37.7 Å². The topological polar surface area (TPSA) is 110 Å². The molecule has 0 radical (unpaired) electrons. The number of aliphatic hydroxyl groups is 1. The molecule has 0 aliphatic rings. The molecule has 0 fully saturated rings. The third kappa shape index (κ3) is 30.0. The Kier molecular flexibility index (Phi) is 24.1. The molecule has 1 N–H and O–H groups in total. The van der Waals surface area contributed by atoms with E-state index >= 15 is 0 Å². The smallest absolute Gasteiger partial charge is 0.781 e. The average Bonchev–Trinajstić information content (AvgIpc) is 1.85. The number of hydrogen-bond donors (Lipinski definition) is 1. The van der Waals surface area contributed by atoms with E-state index in [0.717, 1.165) is 6.42 Å². The van der Waals surface area contributed by atoms with Gasteiger partial charge in [-0.25, -0.2) is 0 Å². The van der Waals surface area contributed by atoms with Crippen molar-refractivity contribution in [3.05, 3.63) is 0 Å². The van der Waals surface area contributed by atoms with Gasteiger partial charge in [0.1, 0.15) is 16.5 Å². The summed E-state index contributed by atoms with van der Waals surface area (Å²) in [6, 6.07) is 0. The molecule has 0 rings (SSSR count). The van der Waals surface area contributed by atoms with E-state index in [0.29, 0.717) is 6.61 Å². The van der Waals surface area contributed by atoms with E-state index in [4.69, 9.17) is 5.11 Å². The third-order valence-electron chi connectivity index (χ3n) is 0.390. The molecule has 0 spiro atoms. The maximum absolute atomic E-state index is 9.29. The first-order valence-electron chi connectivity index (χ1n) is 2.75. The molecule has 6 nitrogen and oxygen atoms in total. The summed E-state index contributed by atoms with van der Waals surface area (Å²) in [5.74, 6) is 0. The van der Waals surface area contributed by atoms with Crippen LogP contribution in [0.5, 0.6) is 0 Å². The van der Waals surface area contributed by atoms with Crippen molar-refractivity contribution < 1.29 is 28.3 Å². The van der Waals surface area contributed by atoms with Crippen molar-refractivity contribution in [1.82, 2.24) is 0 Å². The summed E-state index contributed by atoms with van der Waals surface area (Å²) in [5, 5.41) is 7.88. The van der Waals surface area contributed by atoms with Crippen molar-refractivity contribution in [3.63, 3.8) is 0 Å². The minimum atomic E-state index is -3.51. The fourth-order valence-electron chi connectivity index (χ4n) is 0.0680. The Balaban J connectivity index is -0.000000142. The van der Waals surface area contributed by atoms with Crippen LogP contribution in [0.1, 0.15) is 13.3 Å². The molecule has 0 saturated heterocycles. The first kappa shape index (κ1) is 19.2. The van der Waals surface area contributed by atoms with Crippen LogP contribution in [0.25, 0.3) is 0 Å². The molecule has 0 aromatic heterocycles. The zero-order valence-electron chi connectivity index (χ0n) is 6.61. The average molecular weight is 244 g/mol. The van der Waals surface area contributed by atoms with E-state index < -0.39 is 16.5 Å². The van der Waals surface area contributed by atoms with Gasteiger partial charge in [-0.05, 0) is 6.42 Å². The Bertz CT molecular complexity index is 116. The van der Waals surface area contributed by atoms with E-state index in [1.54, 1.807) is 0 Å². The quantitative estimate of drug-likeness (QED) is 0.478. The Hall–Kier alpha value is 1.56. The standard InChI is InChI=1S/C3H8O.Ca.H4O5P2/c1-2-3-4;;1-6(2)5-7(3)4/h4H,2-3H2,1H3;;6-7H,(H,1,2)(H,3,4)/q;+2;/p-2. The number of hydrogen-bond acceptors (Lipinski definition) is 6. The second kappa shape index (κ2) is 15.1. The van der Waals surface area contributed by atoms with Crippen LogP contribution in [0.4, 0.5) is 0 Å². The Labute approximate surface area is 102 Å². The summed E-state index contributed by atoms with van der Waals surface area (Å²) in [4.78, 5) is 18.6. The van der Waals surface area contributed by atoms with Crippen molar-refractivity contribution in [3.8, 4) is 0 Å². The van der Waals surface area contributed by atoms with Gasteiger partial charge in [-0.2, -0.15) is 0 Å². The summed E-state index contributed by atoms with van der Waals surface area (Å²) in [6.07, 6.45) is 0.875. The Morgan fingerprint density at radius 1 is 1.33 bits per heavy atom. The second-order valence-electron chi connectivity index (χ2n) is 1.33. The summed E-state index contributed by atoms with van der Waals surface area (Å²) in [5.41, 5.74) is 0. The predicted molar refractivity (Wildman–Crippen MR) is 42.2 cm³/mol. The molecule has 0 heterocycles. The maximum Gasteiger partial charge on any atom is 2.00 e. The fourth-order valence-corrected chi connectivity index (χ4v) is 0.612. The summed E-state index contributed by atoms with van der Waals surface area (Å²) < 4.78 is 21.8. The first-order valence-corrected chi connectivity index (χ1v) is 5.20. The molecule has 0 bridgehead atoms. The molecule has 2 unspecified atom stereocenters. The molecule has 0 amide bonds. The molecule has 0 aromatic rings. The molecule has 0 aliphatic heterocycles. The summed E-state index contributed by atoms with van der Waals surface area (Å²) in [7, 11) is -7.03. The van der Waals surface area contributed by atoms with Crippen LogP contribution in [-0.4, -0.2) is 49.5 Å². The van der Waals surface area contributed by atoms with E-state index in [2.05, 4.69) is 4.31 Å². The van der Waals surface area contributed by atoms with E-state index in [1.165, 1.54) is 0 Å². The van der Waals surface area contributed by atoms with E-state index in [1.807, 2.05) is 6.92 Å². The van der Waals surface area contributed by atoms with E-state index in [-0.39, 0.29) is 37.7 Å². The van der Waals surface area contributed by atoms with Crippen molar-refractivity contribution >= 4 is 54.2 Å². The molecule has 0 aliphatic carbocycles. The van der Waals surface area contributed by atoms with Crippen LogP contribution >= 0.6 is 16.5 Å². The van der Waals surface area contributed by atoms with Crippen molar-refractivity contribution in [2.24, 2.45) is 0 Å². The molecule has 0 saturated carbocycles. The normalized spacial score (nSPS) is 13.3. The molecule has 12 heavy (non-hydrogen) atoms. The van der Waals surface area contributed by atoms with E-state index in [9.17, 15) is 18.9 Å². The minimum Gasteiger partial charge on any atom is -0.781 e. The maximum atomic E-state index is 9.29. The first-order chi connectivity index (χ1) is 5.04.